The first-order chi connectivity index (χ1) is 17.7. The van der Waals surface area contributed by atoms with Crippen LogP contribution in [0.25, 0.3) is 44.6 Å². The number of hydrogen-bond donors (Lipinski definition) is 3. The number of hydrogen-bond acceptors (Lipinski definition) is 5. The molecule has 36 heavy (non-hydrogen) atoms. The van der Waals surface area contributed by atoms with Gasteiger partial charge in [-0.25, -0.2) is 4.98 Å². The Labute approximate surface area is 209 Å². The molecule has 0 spiro atoms. The molecule has 3 aromatic heterocycles. The lowest BCUT2D eigenvalue weighted by atomic mass is 10.0. The molecular formula is C28H29N7O. The van der Waals surface area contributed by atoms with Gasteiger partial charge < -0.3 is 15.2 Å². The predicted molar refractivity (Wildman–Crippen MR) is 144 cm³/mol. The topological polar surface area (TPSA) is 103 Å². The molecule has 2 aromatic carbocycles. The van der Waals surface area contributed by atoms with E-state index in [1.807, 2.05) is 31.3 Å². The molecule has 1 aliphatic rings. The molecule has 1 amide bonds. The summed E-state index contributed by atoms with van der Waals surface area (Å²) in [6.07, 6.45) is 8.52. The first-order valence-corrected chi connectivity index (χ1v) is 12.7. The number of H-pyrrole nitrogens is 2. The van der Waals surface area contributed by atoms with Crippen LogP contribution in [-0.2, 0) is 4.79 Å². The molecule has 0 unspecified atom stereocenters. The molecule has 5 aromatic rings. The maximum atomic E-state index is 12.0. The fourth-order valence-corrected chi connectivity index (χ4v) is 5.01. The summed E-state index contributed by atoms with van der Waals surface area (Å²) < 4.78 is 0. The highest BCUT2D eigenvalue weighted by atomic mass is 16.1. The minimum Gasteiger partial charge on any atom is -0.370 e. The molecule has 0 aliphatic carbocycles. The molecule has 1 saturated heterocycles. The molecule has 3 N–H and O–H groups in total. The van der Waals surface area contributed by atoms with E-state index in [2.05, 4.69) is 54.6 Å². The first kappa shape index (κ1) is 22.3. The van der Waals surface area contributed by atoms with Gasteiger partial charge in [-0.05, 0) is 61.6 Å². The monoisotopic (exact) mass is 479 g/mol. The van der Waals surface area contributed by atoms with Gasteiger partial charge in [0.05, 0.1) is 28.6 Å². The van der Waals surface area contributed by atoms with Crippen LogP contribution in [-0.4, -0.2) is 44.1 Å². The van der Waals surface area contributed by atoms with Crippen molar-refractivity contribution in [3.63, 3.8) is 0 Å². The minimum absolute atomic E-state index is 0.00201. The van der Waals surface area contributed by atoms with Gasteiger partial charge >= 0.3 is 0 Å². The number of para-hydroxylation sites is 1. The Morgan fingerprint density at radius 1 is 1.03 bits per heavy atom. The molecule has 182 valence electrons. The lowest BCUT2D eigenvalue weighted by Gasteiger charge is -2.28. The van der Waals surface area contributed by atoms with E-state index in [1.54, 1.807) is 6.20 Å². The first-order valence-electron chi connectivity index (χ1n) is 12.7. The molecule has 0 bridgehead atoms. The van der Waals surface area contributed by atoms with E-state index in [4.69, 9.17) is 4.98 Å². The zero-order valence-corrected chi connectivity index (χ0v) is 20.3. The van der Waals surface area contributed by atoms with Gasteiger partial charge in [0, 0.05) is 36.7 Å². The number of piperidine rings is 1. The number of carbonyl (C=O) groups is 1. The van der Waals surface area contributed by atoms with Crippen LogP contribution in [0, 0.1) is 0 Å². The average Bonchev–Trinajstić information content (AvgIpc) is 3.53. The largest absolute Gasteiger partial charge is 0.370 e. The Balaban J connectivity index is 1.37. The van der Waals surface area contributed by atoms with E-state index in [9.17, 15) is 4.79 Å². The number of anilines is 2. The van der Waals surface area contributed by atoms with Gasteiger partial charge in [-0.2, -0.15) is 5.10 Å². The van der Waals surface area contributed by atoms with Crippen molar-refractivity contribution in [1.29, 1.82) is 0 Å². The second kappa shape index (κ2) is 9.45. The third-order valence-electron chi connectivity index (χ3n) is 6.81. The van der Waals surface area contributed by atoms with Gasteiger partial charge in [0.2, 0.25) is 5.91 Å². The highest BCUT2D eigenvalue weighted by Crippen LogP contribution is 2.33. The number of nitrogens with one attached hydrogen (secondary N) is 3. The van der Waals surface area contributed by atoms with E-state index >= 15 is 0 Å². The lowest BCUT2D eigenvalue weighted by Crippen LogP contribution is -2.29. The van der Waals surface area contributed by atoms with Gasteiger partial charge in [0.1, 0.15) is 11.2 Å². The summed E-state index contributed by atoms with van der Waals surface area (Å²) in [6, 6.07) is 14.4. The van der Waals surface area contributed by atoms with E-state index in [-0.39, 0.29) is 5.91 Å². The number of rotatable bonds is 6. The summed E-state index contributed by atoms with van der Waals surface area (Å²) in [7, 11) is 0. The zero-order chi connectivity index (χ0) is 24.5. The number of fused-ring (bicyclic) bond motifs is 2. The number of benzene rings is 2. The van der Waals surface area contributed by atoms with Crippen LogP contribution in [0.5, 0.6) is 0 Å². The quantitative estimate of drug-likeness (QED) is 0.281. The molecule has 0 saturated carbocycles. The smallest absolute Gasteiger partial charge is 0.224 e. The third-order valence-corrected chi connectivity index (χ3v) is 6.81. The summed E-state index contributed by atoms with van der Waals surface area (Å²) >= 11 is 0. The van der Waals surface area contributed by atoms with Crippen LogP contribution in [0.4, 0.5) is 11.4 Å². The summed E-state index contributed by atoms with van der Waals surface area (Å²) in [5, 5.41) is 11.7. The second-order valence-electron chi connectivity index (χ2n) is 9.40. The van der Waals surface area contributed by atoms with Crippen molar-refractivity contribution in [2.75, 3.05) is 23.3 Å². The van der Waals surface area contributed by atoms with Crippen molar-refractivity contribution in [3.05, 3.63) is 54.9 Å². The number of nitrogens with zero attached hydrogens (tertiary/aromatic N) is 4. The van der Waals surface area contributed by atoms with Crippen molar-refractivity contribution in [1.82, 2.24) is 25.1 Å². The van der Waals surface area contributed by atoms with Crippen molar-refractivity contribution >= 4 is 39.2 Å². The Morgan fingerprint density at radius 2 is 1.92 bits per heavy atom. The number of aromatic amines is 2. The van der Waals surface area contributed by atoms with Gasteiger partial charge in [-0.15, -0.1) is 0 Å². The Hall–Kier alpha value is -4.20. The minimum atomic E-state index is -0.00201. The van der Waals surface area contributed by atoms with E-state index in [0.717, 1.165) is 64.1 Å². The maximum Gasteiger partial charge on any atom is 0.224 e. The third kappa shape index (κ3) is 4.19. The Kier molecular flexibility index (Phi) is 5.85. The van der Waals surface area contributed by atoms with Crippen molar-refractivity contribution < 1.29 is 4.79 Å². The van der Waals surface area contributed by atoms with Crippen LogP contribution in [0.2, 0.25) is 0 Å². The van der Waals surface area contributed by atoms with Crippen molar-refractivity contribution in [2.24, 2.45) is 0 Å². The molecule has 8 nitrogen and oxygen atoms in total. The number of amides is 1. The van der Waals surface area contributed by atoms with E-state index < -0.39 is 0 Å². The highest BCUT2D eigenvalue weighted by molar-refractivity contribution is 5.98. The normalized spacial score (nSPS) is 14.0. The molecule has 1 fully saturated rings. The average molecular weight is 480 g/mol. The maximum absolute atomic E-state index is 12.0. The Morgan fingerprint density at radius 3 is 2.78 bits per heavy atom. The lowest BCUT2D eigenvalue weighted by molar-refractivity contribution is -0.116. The van der Waals surface area contributed by atoms with Gasteiger partial charge in [0.15, 0.2) is 5.82 Å². The molecule has 0 atom stereocenters. The fourth-order valence-electron chi connectivity index (χ4n) is 5.01. The Bertz CT molecular complexity index is 1540. The number of carbonyl (C=O) groups excluding carboxylic acids is 1. The van der Waals surface area contributed by atoms with Crippen LogP contribution in [0.15, 0.2) is 54.9 Å². The van der Waals surface area contributed by atoms with Crippen LogP contribution in [0.3, 0.4) is 0 Å². The van der Waals surface area contributed by atoms with Crippen LogP contribution in [0.1, 0.15) is 39.0 Å². The summed E-state index contributed by atoms with van der Waals surface area (Å²) in [5.74, 6) is 0.745. The zero-order valence-electron chi connectivity index (χ0n) is 20.3. The van der Waals surface area contributed by atoms with Crippen LogP contribution < -0.4 is 10.2 Å². The van der Waals surface area contributed by atoms with Crippen molar-refractivity contribution in [3.8, 4) is 22.6 Å². The molecule has 1 aliphatic heterocycles. The van der Waals surface area contributed by atoms with Gasteiger partial charge in [0.25, 0.3) is 0 Å². The van der Waals surface area contributed by atoms with Crippen LogP contribution >= 0.6 is 0 Å². The molecule has 8 heteroatoms. The number of imidazole rings is 1. The number of pyridine rings is 1. The van der Waals surface area contributed by atoms with Crippen molar-refractivity contribution in [2.45, 2.75) is 39.0 Å². The SMILES string of the molecule is CCCC(=O)Nc1cncc(-c2ccc3[nH]nc(-c4nc5c(N6CCCCC6)cccc5[nH]4)c3c2)c1. The van der Waals surface area contributed by atoms with Gasteiger partial charge in [-0.1, -0.05) is 19.1 Å². The summed E-state index contributed by atoms with van der Waals surface area (Å²) in [5.41, 5.74) is 7.52. The molecule has 0 radical (unpaired) electrons. The molecular weight excluding hydrogens is 450 g/mol. The highest BCUT2D eigenvalue weighted by Gasteiger charge is 2.19. The standard InChI is InChI=1S/C28H29N7O/c1-2-7-25(36)30-20-14-19(16-29-17-20)18-10-11-22-21(15-18)26(34-33-22)28-31-23-8-6-9-24(27(23)32-28)35-12-4-3-5-13-35/h6,8-11,14-17H,2-5,7,12-13H2,1H3,(H,30,36)(H,31,32)(H,33,34). The fraction of sp³-hybridized carbons (Fsp3) is 0.286. The predicted octanol–water partition coefficient (Wildman–Crippen LogP) is 5.90. The molecule has 4 heterocycles. The second-order valence-corrected chi connectivity index (χ2v) is 9.40. The van der Waals surface area contributed by atoms with E-state index in [0.29, 0.717) is 12.1 Å². The van der Waals surface area contributed by atoms with E-state index in [1.165, 1.54) is 24.9 Å². The summed E-state index contributed by atoms with van der Waals surface area (Å²) in [4.78, 5) is 27.3. The summed E-state index contributed by atoms with van der Waals surface area (Å²) in [6.45, 7) is 4.13. The number of aromatic nitrogens is 5. The molecule has 6 rings (SSSR count). The van der Waals surface area contributed by atoms with Gasteiger partial charge in [-0.3, -0.25) is 14.9 Å².